The predicted octanol–water partition coefficient (Wildman–Crippen LogP) is 10.0. The molecular weight excluding hydrogens is 729 g/mol. The molecule has 0 fully saturated rings. The highest BCUT2D eigenvalue weighted by molar-refractivity contribution is 7.87. The zero-order valence-corrected chi connectivity index (χ0v) is 32.8. The second kappa shape index (κ2) is 15.7. The van der Waals surface area contributed by atoms with Gasteiger partial charge in [0.25, 0.3) is 0 Å². The summed E-state index contributed by atoms with van der Waals surface area (Å²) in [5.74, 6) is 0.447. The summed E-state index contributed by atoms with van der Waals surface area (Å²) in [6.07, 6.45) is 1.98. The molecule has 0 saturated heterocycles. The quantitative estimate of drug-likeness (QED) is 0.139. The fourth-order valence-electron chi connectivity index (χ4n) is 8.14. The van der Waals surface area contributed by atoms with E-state index in [1.165, 1.54) is 12.1 Å². The molecule has 1 aliphatic rings. The van der Waals surface area contributed by atoms with Crippen LogP contribution in [0.1, 0.15) is 77.9 Å². The molecule has 7 heteroatoms. The van der Waals surface area contributed by atoms with Crippen LogP contribution in [0.5, 0.6) is 23.0 Å². The van der Waals surface area contributed by atoms with Crippen LogP contribution in [0.4, 0.5) is 0 Å². The molecular formula is C50H44O6S. The number of hydrogen-bond donors (Lipinski definition) is 3. The Kier molecular flexibility index (Phi) is 10.3. The number of phenolic OH excluding ortho intramolecular Hbond substituents is 3. The standard InChI is InChI=1S/C50H44O6S/c1-32-18-38-28-39-19-33(2)21-41(48(39)52)30-44-26-37(23-35-14-8-4-9-15-35)27-45(50(44)56-57(54,55)46-16-10-5-11-17-46)31-43-25-36(22-34-12-6-3-7-13-34)24-42(49(43)53)29-40(20-32)47(38)51/h3-21,24-27,51-53H,22-23,28-31H2,1-2H3. The molecule has 57 heavy (non-hydrogen) atoms. The topological polar surface area (TPSA) is 104 Å². The number of aryl methyl sites for hydroxylation is 2. The fraction of sp³-hybridized carbons (Fsp3) is 0.160. The van der Waals surface area contributed by atoms with Crippen LogP contribution >= 0.6 is 0 Å². The number of rotatable bonds is 7. The first kappa shape index (κ1) is 37.6. The van der Waals surface area contributed by atoms with Gasteiger partial charge in [-0.1, -0.05) is 139 Å². The summed E-state index contributed by atoms with van der Waals surface area (Å²) in [5.41, 5.74) is 10.9. The third-order valence-electron chi connectivity index (χ3n) is 10.7. The summed E-state index contributed by atoms with van der Waals surface area (Å²) >= 11 is 0. The molecule has 1 aliphatic carbocycles. The molecule has 0 amide bonds. The molecule has 0 radical (unpaired) electrons. The lowest BCUT2D eigenvalue weighted by molar-refractivity contribution is 0.453. The summed E-state index contributed by atoms with van der Waals surface area (Å²) in [4.78, 5) is 0.0179. The highest BCUT2D eigenvalue weighted by Gasteiger charge is 2.26. The minimum Gasteiger partial charge on any atom is -0.507 e. The molecule has 0 unspecified atom stereocenters. The third-order valence-corrected chi connectivity index (χ3v) is 11.9. The molecule has 7 aromatic carbocycles. The van der Waals surface area contributed by atoms with Gasteiger partial charge in [0, 0.05) is 36.8 Å². The van der Waals surface area contributed by atoms with Gasteiger partial charge < -0.3 is 19.5 Å². The summed E-state index contributed by atoms with van der Waals surface area (Å²) in [5, 5.41) is 35.9. The molecule has 6 nitrogen and oxygen atoms in total. The number of benzene rings is 7. The van der Waals surface area contributed by atoms with Crippen LogP contribution in [-0.2, 0) is 48.6 Å². The summed E-state index contributed by atoms with van der Waals surface area (Å²) < 4.78 is 34.4. The van der Waals surface area contributed by atoms with E-state index in [2.05, 4.69) is 24.3 Å². The maximum absolute atomic E-state index is 14.1. The molecule has 0 aliphatic heterocycles. The Morgan fingerprint density at radius 3 is 1.14 bits per heavy atom. The van der Waals surface area contributed by atoms with E-state index >= 15 is 0 Å². The Balaban J connectivity index is 1.39. The SMILES string of the molecule is Cc1cc2c(O)c(c1)Cc1cc(Cc3ccccc3)cc(c1O)Cc1cc(Cc3ccccc3)cc(c1OS(=O)(=O)c1ccccc1)Cc1cc(C)cc(c1O)C2. The molecule has 3 N–H and O–H groups in total. The van der Waals surface area contributed by atoms with E-state index in [9.17, 15) is 23.7 Å². The van der Waals surface area contributed by atoms with Crippen LogP contribution in [0.2, 0.25) is 0 Å². The van der Waals surface area contributed by atoms with E-state index in [1.54, 1.807) is 18.2 Å². The fourth-order valence-corrected chi connectivity index (χ4v) is 9.16. The van der Waals surface area contributed by atoms with Gasteiger partial charge in [-0.25, -0.2) is 0 Å². The van der Waals surface area contributed by atoms with Crippen LogP contribution < -0.4 is 4.18 Å². The van der Waals surface area contributed by atoms with Gasteiger partial charge in [-0.3, -0.25) is 0 Å². The number of fused-ring (bicyclic) bond motifs is 8. The normalized spacial score (nSPS) is 12.6. The molecule has 8 rings (SSSR count). The monoisotopic (exact) mass is 772 g/mol. The smallest absolute Gasteiger partial charge is 0.339 e. The second-order valence-electron chi connectivity index (χ2n) is 15.3. The number of aromatic hydroxyl groups is 3. The van der Waals surface area contributed by atoms with E-state index in [0.717, 1.165) is 33.4 Å². The Hall–Kier alpha value is -6.31. The summed E-state index contributed by atoms with van der Waals surface area (Å²) in [6.45, 7) is 3.94. The predicted molar refractivity (Wildman–Crippen MR) is 224 cm³/mol. The molecule has 0 saturated carbocycles. The Morgan fingerprint density at radius 1 is 0.439 bits per heavy atom. The molecule has 7 aromatic rings. The van der Waals surface area contributed by atoms with Gasteiger partial charge in [-0.05, 0) is 94.5 Å². The molecule has 286 valence electrons. The van der Waals surface area contributed by atoms with Gasteiger partial charge in [-0.2, -0.15) is 8.42 Å². The zero-order valence-electron chi connectivity index (χ0n) is 32.0. The Morgan fingerprint density at radius 2 is 0.754 bits per heavy atom. The summed E-state index contributed by atoms with van der Waals surface area (Å²) in [6, 6.07) is 43.8. The maximum atomic E-state index is 14.1. The van der Waals surface area contributed by atoms with Gasteiger partial charge in [-0.15, -0.1) is 0 Å². The minimum atomic E-state index is -4.31. The third kappa shape index (κ3) is 8.30. The van der Waals surface area contributed by atoms with Crippen molar-refractivity contribution in [3.8, 4) is 23.0 Å². The first-order valence-corrected chi connectivity index (χ1v) is 20.6. The zero-order chi connectivity index (χ0) is 39.7. The van der Waals surface area contributed by atoms with E-state index in [0.29, 0.717) is 57.3 Å². The van der Waals surface area contributed by atoms with E-state index in [1.807, 2.05) is 98.8 Å². The van der Waals surface area contributed by atoms with Crippen molar-refractivity contribution in [1.82, 2.24) is 0 Å². The largest absolute Gasteiger partial charge is 0.507 e. The van der Waals surface area contributed by atoms with Gasteiger partial charge >= 0.3 is 10.1 Å². The van der Waals surface area contributed by atoms with Crippen molar-refractivity contribution >= 4 is 10.1 Å². The highest BCUT2D eigenvalue weighted by Crippen LogP contribution is 2.40. The first-order chi connectivity index (χ1) is 27.5. The number of phenols is 3. The molecule has 0 aromatic heterocycles. The Bertz CT molecular complexity index is 2710. The van der Waals surface area contributed by atoms with Crippen molar-refractivity contribution in [3.63, 3.8) is 0 Å². The van der Waals surface area contributed by atoms with Gasteiger partial charge in [0.2, 0.25) is 0 Å². The lowest BCUT2D eigenvalue weighted by atomic mass is 9.87. The van der Waals surface area contributed by atoms with Crippen molar-refractivity contribution in [3.05, 3.63) is 217 Å². The molecule has 8 bridgehead atoms. The van der Waals surface area contributed by atoms with Crippen LogP contribution in [0.15, 0.2) is 144 Å². The molecule has 0 heterocycles. The Labute approximate surface area is 334 Å². The van der Waals surface area contributed by atoms with E-state index in [4.69, 9.17) is 4.18 Å². The number of hydrogen-bond acceptors (Lipinski definition) is 6. The van der Waals surface area contributed by atoms with Crippen LogP contribution in [-0.4, -0.2) is 23.7 Å². The molecule has 0 atom stereocenters. The van der Waals surface area contributed by atoms with Crippen molar-refractivity contribution < 1.29 is 27.9 Å². The van der Waals surface area contributed by atoms with Crippen molar-refractivity contribution in [2.24, 2.45) is 0 Å². The minimum absolute atomic E-state index is 0.0179. The van der Waals surface area contributed by atoms with Crippen LogP contribution in [0, 0.1) is 13.8 Å². The van der Waals surface area contributed by atoms with E-state index in [-0.39, 0.29) is 53.6 Å². The van der Waals surface area contributed by atoms with Gasteiger partial charge in [0.1, 0.15) is 27.9 Å². The summed E-state index contributed by atoms with van der Waals surface area (Å²) in [7, 11) is -4.31. The highest BCUT2D eigenvalue weighted by atomic mass is 32.2. The van der Waals surface area contributed by atoms with Gasteiger partial charge in [0.15, 0.2) is 0 Å². The molecule has 0 spiro atoms. The average molecular weight is 773 g/mol. The van der Waals surface area contributed by atoms with Crippen molar-refractivity contribution in [2.75, 3.05) is 0 Å². The first-order valence-electron chi connectivity index (χ1n) is 19.2. The van der Waals surface area contributed by atoms with Crippen molar-refractivity contribution in [1.29, 1.82) is 0 Å². The van der Waals surface area contributed by atoms with Crippen LogP contribution in [0.3, 0.4) is 0 Å². The van der Waals surface area contributed by atoms with Crippen LogP contribution in [0.25, 0.3) is 0 Å². The second-order valence-corrected chi connectivity index (χ2v) is 16.8. The average Bonchev–Trinajstić information content (AvgIpc) is 3.19. The van der Waals surface area contributed by atoms with Crippen molar-refractivity contribution in [2.45, 2.75) is 57.3 Å². The van der Waals surface area contributed by atoms with Gasteiger partial charge in [0.05, 0.1) is 0 Å². The maximum Gasteiger partial charge on any atom is 0.339 e. The lowest BCUT2D eigenvalue weighted by Crippen LogP contribution is -2.14. The lowest BCUT2D eigenvalue weighted by Gasteiger charge is -2.21. The van der Waals surface area contributed by atoms with E-state index < -0.39 is 10.1 Å².